The van der Waals surface area contributed by atoms with Crippen LogP contribution >= 0.6 is 0 Å². The van der Waals surface area contributed by atoms with Gasteiger partial charge in [-0.1, -0.05) is 18.2 Å². The van der Waals surface area contributed by atoms with Gasteiger partial charge >= 0.3 is 0 Å². The maximum Gasteiger partial charge on any atom is 0.143 e. The highest BCUT2D eigenvalue weighted by Gasteiger charge is 2.07. The molecule has 0 amide bonds. The molecule has 4 nitrogen and oxygen atoms in total. The maximum atomic E-state index is 9.87. The summed E-state index contributed by atoms with van der Waals surface area (Å²) in [5.74, 6) is 0.185. The van der Waals surface area contributed by atoms with E-state index in [9.17, 15) is 5.11 Å². The summed E-state index contributed by atoms with van der Waals surface area (Å²) in [6.07, 6.45) is 0. The SMILES string of the molecule is Cc1ccc(-n2nc3ccccc3n2)c(O)c1. The average molecular weight is 225 g/mol. The van der Waals surface area contributed by atoms with E-state index in [2.05, 4.69) is 10.2 Å². The van der Waals surface area contributed by atoms with Gasteiger partial charge < -0.3 is 5.11 Å². The second kappa shape index (κ2) is 3.59. The van der Waals surface area contributed by atoms with Crippen LogP contribution in [0.4, 0.5) is 0 Å². The lowest BCUT2D eigenvalue weighted by atomic mass is 10.2. The first-order valence-corrected chi connectivity index (χ1v) is 5.36. The maximum absolute atomic E-state index is 9.87. The normalized spacial score (nSPS) is 10.9. The molecule has 17 heavy (non-hydrogen) atoms. The van der Waals surface area contributed by atoms with Crippen molar-refractivity contribution in [1.29, 1.82) is 0 Å². The van der Waals surface area contributed by atoms with Crippen LogP contribution in [0.2, 0.25) is 0 Å². The number of fused-ring (bicyclic) bond motifs is 1. The fourth-order valence-electron chi connectivity index (χ4n) is 1.77. The minimum atomic E-state index is 0.185. The van der Waals surface area contributed by atoms with Crippen molar-refractivity contribution >= 4 is 11.0 Å². The lowest BCUT2D eigenvalue weighted by molar-refractivity contribution is 0.467. The third-order valence-corrected chi connectivity index (χ3v) is 2.63. The molecular weight excluding hydrogens is 214 g/mol. The van der Waals surface area contributed by atoms with E-state index in [-0.39, 0.29) is 5.75 Å². The highest BCUT2D eigenvalue weighted by molar-refractivity contribution is 5.73. The number of phenols is 1. The molecule has 0 saturated carbocycles. The molecule has 0 aliphatic carbocycles. The molecule has 4 heteroatoms. The lowest BCUT2D eigenvalue weighted by Crippen LogP contribution is -1.98. The molecule has 0 saturated heterocycles. The summed E-state index contributed by atoms with van der Waals surface area (Å²) in [6, 6.07) is 13.0. The molecule has 0 aliphatic heterocycles. The standard InChI is InChI=1S/C13H11N3O/c1-9-6-7-12(13(17)8-9)16-14-10-4-2-3-5-11(10)15-16/h2-8,17H,1H3. The van der Waals surface area contributed by atoms with Crippen LogP contribution in [-0.4, -0.2) is 20.1 Å². The highest BCUT2D eigenvalue weighted by atomic mass is 16.3. The van der Waals surface area contributed by atoms with Crippen molar-refractivity contribution in [2.75, 3.05) is 0 Å². The van der Waals surface area contributed by atoms with Gasteiger partial charge in [-0.25, -0.2) is 0 Å². The predicted molar refractivity (Wildman–Crippen MR) is 65.3 cm³/mol. The zero-order valence-electron chi connectivity index (χ0n) is 9.33. The fraction of sp³-hybridized carbons (Fsp3) is 0.0769. The molecule has 0 atom stereocenters. The Morgan fingerprint density at radius 2 is 1.65 bits per heavy atom. The number of benzene rings is 2. The Bertz CT molecular complexity index is 655. The van der Waals surface area contributed by atoms with Crippen LogP contribution in [0.25, 0.3) is 16.7 Å². The molecule has 3 aromatic rings. The molecule has 2 aromatic carbocycles. The van der Waals surface area contributed by atoms with Crippen LogP contribution in [0.5, 0.6) is 5.75 Å². The predicted octanol–water partition coefficient (Wildman–Crippen LogP) is 2.43. The summed E-state index contributed by atoms with van der Waals surface area (Å²) < 4.78 is 0. The van der Waals surface area contributed by atoms with Gasteiger partial charge in [0.25, 0.3) is 0 Å². The summed E-state index contributed by atoms with van der Waals surface area (Å²) >= 11 is 0. The van der Waals surface area contributed by atoms with Gasteiger partial charge in [0.2, 0.25) is 0 Å². The van der Waals surface area contributed by atoms with Crippen molar-refractivity contribution in [2.45, 2.75) is 6.92 Å². The van der Waals surface area contributed by atoms with Crippen molar-refractivity contribution < 1.29 is 5.11 Å². The number of phenolic OH excluding ortho intramolecular Hbond substituents is 1. The molecule has 1 N–H and O–H groups in total. The molecule has 0 fully saturated rings. The summed E-state index contributed by atoms with van der Waals surface area (Å²) in [5, 5.41) is 18.5. The number of nitrogens with zero attached hydrogens (tertiary/aromatic N) is 3. The van der Waals surface area contributed by atoms with Gasteiger partial charge in [0.15, 0.2) is 0 Å². The number of rotatable bonds is 1. The number of aryl methyl sites for hydroxylation is 1. The summed E-state index contributed by atoms with van der Waals surface area (Å²) in [7, 11) is 0. The van der Waals surface area contributed by atoms with Gasteiger partial charge in [-0.3, -0.25) is 0 Å². The number of aromatic hydroxyl groups is 1. The van der Waals surface area contributed by atoms with Crippen molar-refractivity contribution in [2.24, 2.45) is 0 Å². The van der Waals surface area contributed by atoms with Gasteiger partial charge in [-0.2, -0.15) is 0 Å². The highest BCUT2D eigenvalue weighted by Crippen LogP contribution is 2.22. The molecular formula is C13H11N3O. The minimum Gasteiger partial charge on any atom is -0.506 e. The van der Waals surface area contributed by atoms with Gasteiger partial charge in [-0.05, 0) is 36.8 Å². The smallest absolute Gasteiger partial charge is 0.143 e. The van der Waals surface area contributed by atoms with E-state index in [1.54, 1.807) is 6.07 Å². The Balaban J connectivity index is 2.20. The Morgan fingerprint density at radius 1 is 1.00 bits per heavy atom. The van der Waals surface area contributed by atoms with Gasteiger partial charge in [0, 0.05) is 0 Å². The molecule has 0 unspecified atom stereocenters. The minimum absolute atomic E-state index is 0.185. The van der Waals surface area contributed by atoms with Gasteiger partial charge in [0.05, 0.1) is 0 Å². The van der Waals surface area contributed by atoms with E-state index >= 15 is 0 Å². The summed E-state index contributed by atoms with van der Waals surface area (Å²) in [6.45, 7) is 1.93. The number of hydrogen-bond acceptors (Lipinski definition) is 3. The molecule has 0 aliphatic rings. The Hall–Kier alpha value is -2.36. The quantitative estimate of drug-likeness (QED) is 0.692. The fourth-order valence-corrected chi connectivity index (χ4v) is 1.77. The third kappa shape index (κ3) is 1.63. The van der Waals surface area contributed by atoms with Crippen LogP contribution in [0.15, 0.2) is 42.5 Å². The van der Waals surface area contributed by atoms with Gasteiger partial charge in [0.1, 0.15) is 22.5 Å². The third-order valence-electron chi connectivity index (χ3n) is 2.63. The van der Waals surface area contributed by atoms with Crippen LogP contribution in [0.3, 0.4) is 0 Å². The Labute approximate surface area is 98.1 Å². The molecule has 0 bridgehead atoms. The first kappa shape index (κ1) is 9.84. The van der Waals surface area contributed by atoms with E-state index < -0.39 is 0 Å². The first-order chi connectivity index (χ1) is 8.24. The van der Waals surface area contributed by atoms with Crippen LogP contribution < -0.4 is 0 Å². The Morgan fingerprint density at radius 3 is 2.24 bits per heavy atom. The zero-order chi connectivity index (χ0) is 11.8. The summed E-state index contributed by atoms with van der Waals surface area (Å²) in [5.41, 5.74) is 3.22. The second-order valence-corrected chi connectivity index (χ2v) is 3.97. The zero-order valence-corrected chi connectivity index (χ0v) is 9.33. The Kier molecular flexibility index (Phi) is 2.08. The molecule has 3 rings (SSSR count). The second-order valence-electron chi connectivity index (χ2n) is 3.97. The largest absolute Gasteiger partial charge is 0.506 e. The van der Waals surface area contributed by atoms with Crippen molar-refractivity contribution in [3.05, 3.63) is 48.0 Å². The summed E-state index contributed by atoms with van der Waals surface area (Å²) in [4.78, 5) is 1.46. The molecule has 84 valence electrons. The average Bonchev–Trinajstić information content (AvgIpc) is 2.72. The lowest BCUT2D eigenvalue weighted by Gasteiger charge is -2.03. The van der Waals surface area contributed by atoms with Gasteiger partial charge in [-0.15, -0.1) is 15.0 Å². The molecule has 0 radical (unpaired) electrons. The van der Waals surface area contributed by atoms with E-state index in [1.807, 2.05) is 43.3 Å². The van der Waals surface area contributed by atoms with Crippen LogP contribution in [-0.2, 0) is 0 Å². The van der Waals surface area contributed by atoms with E-state index in [4.69, 9.17) is 0 Å². The van der Waals surface area contributed by atoms with E-state index in [0.717, 1.165) is 16.6 Å². The monoisotopic (exact) mass is 225 g/mol. The van der Waals surface area contributed by atoms with E-state index in [0.29, 0.717) is 5.69 Å². The number of aromatic nitrogens is 3. The first-order valence-electron chi connectivity index (χ1n) is 5.36. The number of hydrogen-bond donors (Lipinski definition) is 1. The topological polar surface area (TPSA) is 50.9 Å². The van der Waals surface area contributed by atoms with Crippen LogP contribution in [0.1, 0.15) is 5.56 Å². The van der Waals surface area contributed by atoms with E-state index in [1.165, 1.54) is 4.80 Å². The molecule has 1 heterocycles. The van der Waals surface area contributed by atoms with Crippen molar-refractivity contribution in [1.82, 2.24) is 15.0 Å². The molecule has 0 spiro atoms. The van der Waals surface area contributed by atoms with Crippen molar-refractivity contribution in [3.8, 4) is 11.4 Å². The molecule has 1 aromatic heterocycles. The van der Waals surface area contributed by atoms with Crippen LogP contribution in [0, 0.1) is 6.92 Å². The van der Waals surface area contributed by atoms with Crippen molar-refractivity contribution in [3.63, 3.8) is 0 Å².